The topological polar surface area (TPSA) is 104 Å². The molecule has 1 saturated carbocycles. The van der Waals surface area contributed by atoms with E-state index in [2.05, 4.69) is 51.2 Å². The molecular weight excluding hydrogens is 438 g/mol. The van der Waals surface area contributed by atoms with Crippen LogP contribution in [0.25, 0.3) is 0 Å². The summed E-state index contributed by atoms with van der Waals surface area (Å²) in [4.78, 5) is 35.6. The van der Waals surface area contributed by atoms with Gasteiger partial charge in [0.2, 0.25) is 5.91 Å². The fourth-order valence-corrected chi connectivity index (χ4v) is 4.92. The fourth-order valence-electron chi connectivity index (χ4n) is 3.92. The third-order valence-corrected chi connectivity index (χ3v) is 6.96. The van der Waals surface area contributed by atoms with Crippen molar-refractivity contribution in [1.29, 1.82) is 0 Å². The number of allylic oxidation sites excluding steroid dienone is 5. The molecule has 1 unspecified atom stereocenters. The highest BCUT2D eigenvalue weighted by Gasteiger charge is 2.37. The number of rotatable bonds is 14. The van der Waals surface area contributed by atoms with E-state index in [0.717, 1.165) is 38.5 Å². The predicted octanol–water partition coefficient (Wildman–Crippen LogP) is 5.60. The van der Waals surface area contributed by atoms with Gasteiger partial charge in [0.15, 0.2) is 0 Å². The molecule has 1 aliphatic carbocycles. The van der Waals surface area contributed by atoms with E-state index in [0.29, 0.717) is 18.6 Å². The average molecular weight is 480 g/mol. The van der Waals surface area contributed by atoms with Crippen LogP contribution < -0.4 is 5.32 Å². The van der Waals surface area contributed by atoms with Gasteiger partial charge < -0.3 is 15.5 Å². The van der Waals surface area contributed by atoms with Gasteiger partial charge in [-0.1, -0.05) is 47.8 Å². The molecule has 3 N–H and O–H groups in total. The van der Waals surface area contributed by atoms with Crippen molar-refractivity contribution < 1.29 is 24.6 Å². The Kier molecular flexibility index (Phi) is 13.8. The predicted molar refractivity (Wildman–Crippen MR) is 135 cm³/mol. The Balaban J connectivity index is 2.43. The van der Waals surface area contributed by atoms with Crippen molar-refractivity contribution in [3.8, 4) is 0 Å². The SMILES string of the molecule is CC(C)=CCC/C(C)=C/CC/C(C)=C/CSC[C@H](NC(=O)C1CCCC[C@H]1C(=O)O)C(=O)O. The second kappa shape index (κ2) is 15.8. The Bertz CT molecular complexity index is 752. The third-order valence-electron chi connectivity index (χ3n) is 5.99. The molecule has 0 aromatic rings. The number of nitrogens with one attached hydrogen (secondary N) is 1. The molecule has 1 rings (SSSR count). The molecule has 0 aromatic heterocycles. The van der Waals surface area contributed by atoms with Crippen molar-refractivity contribution in [2.45, 2.75) is 85.1 Å². The van der Waals surface area contributed by atoms with E-state index in [1.807, 2.05) is 0 Å². The van der Waals surface area contributed by atoms with Crippen LogP contribution >= 0.6 is 11.8 Å². The van der Waals surface area contributed by atoms with E-state index < -0.39 is 35.7 Å². The smallest absolute Gasteiger partial charge is 0.327 e. The molecule has 0 spiro atoms. The molecule has 0 heterocycles. The molecule has 0 radical (unpaired) electrons. The second-order valence-electron chi connectivity index (χ2n) is 9.23. The monoisotopic (exact) mass is 479 g/mol. The number of carbonyl (C=O) groups excluding carboxylic acids is 1. The molecular formula is C26H41NO5S. The fraction of sp³-hybridized carbons (Fsp3) is 0.654. The lowest BCUT2D eigenvalue weighted by atomic mass is 9.78. The number of carboxylic acids is 2. The molecule has 3 atom stereocenters. The van der Waals surface area contributed by atoms with E-state index in [1.165, 1.54) is 28.5 Å². The molecule has 0 aliphatic heterocycles. The highest BCUT2D eigenvalue weighted by atomic mass is 32.2. The van der Waals surface area contributed by atoms with Crippen LogP contribution in [-0.2, 0) is 14.4 Å². The summed E-state index contributed by atoms with van der Waals surface area (Å²) in [6.45, 7) is 8.48. The molecule has 0 aromatic carbocycles. The Morgan fingerprint density at radius 2 is 1.48 bits per heavy atom. The first-order chi connectivity index (χ1) is 15.6. The Morgan fingerprint density at radius 1 is 0.909 bits per heavy atom. The maximum atomic E-state index is 12.6. The first-order valence-electron chi connectivity index (χ1n) is 11.9. The minimum absolute atomic E-state index is 0.249. The Morgan fingerprint density at radius 3 is 2.06 bits per heavy atom. The lowest BCUT2D eigenvalue weighted by molar-refractivity contribution is -0.149. The number of carboxylic acid groups (broad SMARTS) is 2. The van der Waals surface area contributed by atoms with Gasteiger partial charge in [-0.05, 0) is 66.2 Å². The molecule has 1 aliphatic rings. The zero-order valence-electron chi connectivity index (χ0n) is 20.6. The van der Waals surface area contributed by atoms with Gasteiger partial charge in [-0.15, -0.1) is 0 Å². The van der Waals surface area contributed by atoms with Crippen LogP contribution in [0.1, 0.15) is 79.1 Å². The highest BCUT2D eigenvalue weighted by molar-refractivity contribution is 7.99. The molecule has 186 valence electrons. The average Bonchev–Trinajstić information content (AvgIpc) is 2.75. The van der Waals surface area contributed by atoms with Crippen LogP contribution in [0, 0.1) is 11.8 Å². The van der Waals surface area contributed by atoms with E-state index in [9.17, 15) is 24.6 Å². The van der Waals surface area contributed by atoms with E-state index >= 15 is 0 Å². The van der Waals surface area contributed by atoms with Gasteiger partial charge in [-0.3, -0.25) is 9.59 Å². The first-order valence-corrected chi connectivity index (χ1v) is 13.1. The standard InChI is InChI=1S/C26H41NO5S/c1-18(2)9-7-10-19(3)11-8-12-20(4)15-16-33-17-23(26(31)32)27-24(28)21-13-5-6-14-22(21)25(29)30/h9,11,15,21-23H,5-8,10,12-14,16-17H2,1-4H3,(H,27,28)(H,29,30)(H,31,32)/b19-11+,20-15+/t21?,22-,23+/m1/s1. The number of amides is 1. The van der Waals surface area contributed by atoms with Crippen LogP contribution in [-0.4, -0.2) is 45.6 Å². The van der Waals surface area contributed by atoms with Crippen molar-refractivity contribution >= 4 is 29.6 Å². The Labute approximate surface area is 203 Å². The van der Waals surface area contributed by atoms with Gasteiger partial charge in [0.1, 0.15) is 6.04 Å². The number of aliphatic carboxylic acids is 2. The first kappa shape index (κ1) is 29.0. The number of thioether (sulfide) groups is 1. The maximum Gasteiger partial charge on any atom is 0.327 e. The molecule has 7 heteroatoms. The zero-order chi connectivity index (χ0) is 24.8. The summed E-state index contributed by atoms with van der Waals surface area (Å²) in [5.74, 6) is -2.97. The molecule has 1 fully saturated rings. The quantitative estimate of drug-likeness (QED) is 0.221. The summed E-state index contributed by atoms with van der Waals surface area (Å²) in [7, 11) is 0. The summed E-state index contributed by atoms with van der Waals surface area (Å²) in [6.07, 6.45) is 13.3. The van der Waals surface area contributed by atoms with Crippen molar-refractivity contribution in [3.63, 3.8) is 0 Å². The van der Waals surface area contributed by atoms with Crippen LogP contribution in [0.2, 0.25) is 0 Å². The van der Waals surface area contributed by atoms with Gasteiger partial charge in [0.05, 0.1) is 11.8 Å². The Hall–Kier alpha value is -2.02. The molecule has 33 heavy (non-hydrogen) atoms. The number of hydrogen-bond acceptors (Lipinski definition) is 4. The number of hydrogen-bond donors (Lipinski definition) is 3. The van der Waals surface area contributed by atoms with Crippen LogP contribution in [0.5, 0.6) is 0 Å². The van der Waals surface area contributed by atoms with E-state index in [4.69, 9.17) is 0 Å². The van der Waals surface area contributed by atoms with Gasteiger partial charge in [0.25, 0.3) is 0 Å². The zero-order valence-corrected chi connectivity index (χ0v) is 21.4. The van der Waals surface area contributed by atoms with Crippen molar-refractivity contribution in [2.24, 2.45) is 11.8 Å². The third kappa shape index (κ3) is 12.1. The molecule has 0 saturated heterocycles. The van der Waals surface area contributed by atoms with Gasteiger partial charge in [0, 0.05) is 11.5 Å². The van der Waals surface area contributed by atoms with E-state index in [1.54, 1.807) is 0 Å². The minimum atomic E-state index is -1.09. The second-order valence-corrected chi connectivity index (χ2v) is 10.3. The van der Waals surface area contributed by atoms with Crippen LogP contribution in [0.15, 0.2) is 34.9 Å². The molecule has 1 amide bonds. The summed E-state index contributed by atoms with van der Waals surface area (Å²) in [5.41, 5.74) is 4.01. The van der Waals surface area contributed by atoms with Gasteiger partial charge >= 0.3 is 11.9 Å². The summed E-state index contributed by atoms with van der Waals surface area (Å²) in [5, 5.41) is 21.4. The normalized spacial score (nSPS) is 20.1. The molecule has 0 bridgehead atoms. The van der Waals surface area contributed by atoms with Crippen molar-refractivity contribution in [2.75, 3.05) is 11.5 Å². The van der Waals surface area contributed by atoms with Crippen LogP contribution in [0.4, 0.5) is 0 Å². The van der Waals surface area contributed by atoms with Gasteiger partial charge in [-0.25, -0.2) is 4.79 Å². The lowest BCUT2D eigenvalue weighted by Gasteiger charge is -2.28. The van der Waals surface area contributed by atoms with Crippen LogP contribution in [0.3, 0.4) is 0 Å². The highest BCUT2D eigenvalue weighted by Crippen LogP contribution is 2.30. The number of carbonyl (C=O) groups is 3. The summed E-state index contributed by atoms with van der Waals surface area (Å²) in [6, 6.07) is -1.01. The van der Waals surface area contributed by atoms with E-state index in [-0.39, 0.29) is 5.75 Å². The van der Waals surface area contributed by atoms with Gasteiger partial charge in [-0.2, -0.15) is 11.8 Å². The summed E-state index contributed by atoms with van der Waals surface area (Å²) < 4.78 is 0. The lowest BCUT2D eigenvalue weighted by Crippen LogP contribution is -2.48. The molecule has 6 nitrogen and oxygen atoms in total. The van der Waals surface area contributed by atoms with Crippen molar-refractivity contribution in [1.82, 2.24) is 5.32 Å². The maximum absolute atomic E-state index is 12.6. The minimum Gasteiger partial charge on any atom is -0.481 e. The largest absolute Gasteiger partial charge is 0.481 e. The summed E-state index contributed by atoms with van der Waals surface area (Å²) >= 11 is 1.46. The van der Waals surface area contributed by atoms with Crippen molar-refractivity contribution in [3.05, 3.63) is 34.9 Å².